The van der Waals surface area contributed by atoms with Gasteiger partial charge in [0.1, 0.15) is 6.33 Å². The molecule has 3 rings (SSSR count). The highest BCUT2D eigenvalue weighted by atomic mass is 32.2. The number of hydrogen-bond acceptors (Lipinski definition) is 6. The second-order valence-corrected chi connectivity index (χ2v) is 6.22. The number of hydrogen-bond donors (Lipinski definition) is 1. The zero-order chi connectivity index (χ0) is 17.3. The van der Waals surface area contributed by atoms with Crippen molar-refractivity contribution < 1.29 is 4.79 Å². The Morgan fingerprint density at radius 2 is 1.92 bits per heavy atom. The van der Waals surface area contributed by atoms with Crippen molar-refractivity contribution in [3.63, 3.8) is 0 Å². The smallest absolute Gasteiger partial charge is 0.230 e. The first-order valence-electron chi connectivity index (χ1n) is 7.88. The fourth-order valence-electron chi connectivity index (χ4n) is 2.22. The SMILES string of the molecule is O=C(CSc1ncccn1)NCc1nncn1CCc1ccccc1. The minimum atomic E-state index is -0.0879. The molecule has 0 radical (unpaired) electrons. The Morgan fingerprint density at radius 1 is 1.12 bits per heavy atom. The van der Waals surface area contributed by atoms with E-state index in [0.717, 1.165) is 18.8 Å². The molecule has 0 aliphatic carbocycles. The molecule has 8 heteroatoms. The Balaban J connectivity index is 1.45. The van der Waals surface area contributed by atoms with Crippen LogP contribution in [0.2, 0.25) is 0 Å². The van der Waals surface area contributed by atoms with Gasteiger partial charge in [-0.3, -0.25) is 4.79 Å². The molecule has 0 saturated heterocycles. The first-order valence-corrected chi connectivity index (χ1v) is 8.87. The number of aromatic nitrogens is 5. The van der Waals surface area contributed by atoms with Crippen LogP contribution in [0.4, 0.5) is 0 Å². The van der Waals surface area contributed by atoms with Gasteiger partial charge < -0.3 is 9.88 Å². The maximum absolute atomic E-state index is 12.0. The number of rotatable bonds is 8. The number of nitrogens with one attached hydrogen (secondary N) is 1. The molecule has 0 bridgehead atoms. The van der Waals surface area contributed by atoms with Gasteiger partial charge in [0.25, 0.3) is 0 Å². The maximum Gasteiger partial charge on any atom is 0.230 e. The molecule has 25 heavy (non-hydrogen) atoms. The molecule has 2 heterocycles. The number of benzene rings is 1. The van der Waals surface area contributed by atoms with Gasteiger partial charge in [-0.25, -0.2) is 9.97 Å². The summed E-state index contributed by atoms with van der Waals surface area (Å²) in [4.78, 5) is 20.1. The van der Waals surface area contributed by atoms with Crippen molar-refractivity contribution in [2.24, 2.45) is 0 Å². The summed E-state index contributed by atoms with van der Waals surface area (Å²) >= 11 is 1.30. The summed E-state index contributed by atoms with van der Waals surface area (Å²) in [7, 11) is 0. The molecular formula is C17H18N6OS. The normalized spacial score (nSPS) is 10.6. The lowest BCUT2D eigenvalue weighted by atomic mass is 10.1. The minimum absolute atomic E-state index is 0.0879. The summed E-state index contributed by atoms with van der Waals surface area (Å²) in [6, 6.07) is 12.0. The third-order valence-electron chi connectivity index (χ3n) is 3.50. The van der Waals surface area contributed by atoms with Crippen LogP contribution < -0.4 is 5.32 Å². The van der Waals surface area contributed by atoms with Crippen LogP contribution in [0.3, 0.4) is 0 Å². The van der Waals surface area contributed by atoms with Crippen molar-refractivity contribution >= 4 is 17.7 Å². The number of amides is 1. The quantitative estimate of drug-likeness (QED) is 0.490. The highest BCUT2D eigenvalue weighted by molar-refractivity contribution is 7.99. The Kier molecular flexibility index (Phi) is 6.11. The summed E-state index contributed by atoms with van der Waals surface area (Å²) in [6.07, 6.45) is 5.89. The average Bonchev–Trinajstić information content (AvgIpc) is 3.12. The molecule has 7 nitrogen and oxygen atoms in total. The predicted octanol–water partition coefficient (Wildman–Crippen LogP) is 1.72. The van der Waals surface area contributed by atoms with Gasteiger partial charge in [-0.1, -0.05) is 42.1 Å². The lowest BCUT2D eigenvalue weighted by Crippen LogP contribution is -2.26. The van der Waals surface area contributed by atoms with Gasteiger partial charge in [0.15, 0.2) is 11.0 Å². The lowest BCUT2D eigenvalue weighted by Gasteiger charge is -2.08. The number of aryl methyl sites for hydroxylation is 2. The largest absolute Gasteiger partial charge is 0.348 e. The third-order valence-corrected chi connectivity index (χ3v) is 4.37. The van der Waals surface area contributed by atoms with Gasteiger partial charge in [0.2, 0.25) is 5.91 Å². The van der Waals surface area contributed by atoms with Crippen molar-refractivity contribution in [3.05, 3.63) is 66.5 Å². The molecule has 0 fully saturated rings. The molecule has 0 aliphatic heterocycles. The monoisotopic (exact) mass is 354 g/mol. The Morgan fingerprint density at radius 3 is 2.72 bits per heavy atom. The van der Waals surface area contributed by atoms with E-state index in [2.05, 4.69) is 37.6 Å². The summed E-state index contributed by atoms with van der Waals surface area (Å²) in [5.74, 6) is 0.919. The van der Waals surface area contributed by atoms with Gasteiger partial charge in [-0.15, -0.1) is 10.2 Å². The first-order chi connectivity index (χ1) is 12.3. The van der Waals surface area contributed by atoms with Crippen LogP contribution in [0.25, 0.3) is 0 Å². The molecule has 0 atom stereocenters. The number of carbonyl (C=O) groups excluding carboxylic acids is 1. The van der Waals surface area contributed by atoms with E-state index >= 15 is 0 Å². The predicted molar refractivity (Wildman–Crippen MR) is 94.8 cm³/mol. The number of nitrogens with zero attached hydrogens (tertiary/aromatic N) is 5. The molecular weight excluding hydrogens is 336 g/mol. The second kappa shape index (κ2) is 8.93. The van der Waals surface area contributed by atoms with Gasteiger partial charge in [0.05, 0.1) is 12.3 Å². The van der Waals surface area contributed by atoms with E-state index in [-0.39, 0.29) is 11.7 Å². The van der Waals surface area contributed by atoms with E-state index in [0.29, 0.717) is 11.7 Å². The molecule has 1 aromatic carbocycles. The summed E-state index contributed by atoms with van der Waals surface area (Å²) in [5.41, 5.74) is 1.26. The molecule has 1 N–H and O–H groups in total. The van der Waals surface area contributed by atoms with Crippen molar-refractivity contribution in [1.82, 2.24) is 30.0 Å². The van der Waals surface area contributed by atoms with E-state index < -0.39 is 0 Å². The molecule has 0 aliphatic rings. The summed E-state index contributed by atoms with van der Waals surface area (Å²) in [6.45, 7) is 1.12. The Bertz CT molecular complexity index is 793. The summed E-state index contributed by atoms with van der Waals surface area (Å²) in [5, 5.41) is 11.5. The molecule has 0 saturated carbocycles. The van der Waals surface area contributed by atoms with Crippen molar-refractivity contribution in [3.8, 4) is 0 Å². The summed E-state index contributed by atoms with van der Waals surface area (Å²) < 4.78 is 1.96. The third kappa shape index (κ3) is 5.39. The fraction of sp³-hybridized carbons (Fsp3) is 0.235. The van der Waals surface area contributed by atoms with Crippen LogP contribution in [-0.4, -0.2) is 36.4 Å². The Hall–Kier alpha value is -2.74. The van der Waals surface area contributed by atoms with Crippen molar-refractivity contribution in [1.29, 1.82) is 0 Å². The van der Waals surface area contributed by atoms with Crippen LogP contribution in [0.1, 0.15) is 11.4 Å². The minimum Gasteiger partial charge on any atom is -0.348 e. The van der Waals surface area contributed by atoms with Crippen molar-refractivity contribution in [2.45, 2.75) is 24.7 Å². The zero-order valence-corrected chi connectivity index (χ0v) is 14.4. The molecule has 128 valence electrons. The van der Waals surface area contributed by atoms with Crippen LogP contribution in [0.15, 0.2) is 60.3 Å². The van der Waals surface area contributed by atoms with Gasteiger partial charge in [-0.05, 0) is 18.1 Å². The highest BCUT2D eigenvalue weighted by Crippen LogP contribution is 2.10. The van der Waals surface area contributed by atoms with E-state index in [9.17, 15) is 4.79 Å². The lowest BCUT2D eigenvalue weighted by molar-refractivity contribution is -0.118. The number of thioether (sulfide) groups is 1. The molecule has 0 unspecified atom stereocenters. The molecule has 1 amide bonds. The standard InChI is InChI=1S/C17H18N6OS/c24-16(12-25-17-18-8-4-9-19-17)20-11-15-22-21-13-23(15)10-7-14-5-2-1-3-6-14/h1-6,8-9,13H,7,10-12H2,(H,20,24). The van der Waals surface area contributed by atoms with E-state index in [1.54, 1.807) is 24.8 Å². The van der Waals surface area contributed by atoms with Gasteiger partial charge >= 0.3 is 0 Å². The van der Waals surface area contributed by atoms with Crippen LogP contribution >= 0.6 is 11.8 Å². The van der Waals surface area contributed by atoms with Crippen LogP contribution in [0.5, 0.6) is 0 Å². The molecule has 2 aromatic heterocycles. The van der Waals surface area contributed by atoms with Gasteiger partial charge in [0, 0.05) is 18.9 Å². The van der Waals surface area contributed by atoms with Gasteiger partial charge in [-0.2, -0.15) is 0 Å². The van der Waals surface area contributed by atoms with Crippen molar-refractivity contribution in [2.75, 3.05) is 5.75 Å². The van der Waals surface area contributed by atoms with E-state index in [4.69, 9.17) is 0 Å². The van der Waals surface area contributed by atoms with E-state index in [1.165, 1.54) is 17.3 Å². The first kappa shape index (κ1) is 17.1. The zero-order valence-electron chi connectivity index (χ0n) is 13.6. The molecule has 0 spiro atoms. The Labute approximate surface area is 149 Å². The second-order valence-electron chi connectivity index (χ2n) is 5.27. The number of carbonyl (C=O) groups is 1. The van der Waals surface area contributed by atoms with Crippen LogP contribution in [0, 0.1) is 0 Å². The average molecular weight is 354 g/mol. The van der Waals surface area contributed by atoms with E-state index in [1.807, 2.05) is 22.8 Å². The topological polar surface area (TPSA) is 85.6 Å². The molecule has 3 aromatic rings. The fourth-order valence-corrected chi connectivity index (χ4v) is 2.85. The maximum atomic E-state index is 12.0. The van der Waals surface area contributed by atoms with Crippen LogP contribution in [-0.2, 0) is 24.3 Å². The highest BCUT2D eigenvalue weighted by Gasteiger charge is 2.08.